The molecule has 0 aromatic heterocycles. The predicted octanol–water partition coefficient (Wildman–Crippen LogP) is 3.98. The van der Waals surface area contributed by atoms with Gasteiger partial charge in [-0.25, -0.2) is 0 Å². The lowest BCUT2D eigenvalue weighted by Crippen LogP contribution is -2.35. The summed E-state index contributed by atoms with van der Waals surface area (Å²) in [6.45, 7) is 0. The van der Waals surface area contributed by atoms with Gasteiger partial charge in [0.15, 0.2) is 0 Å². The predicted molar refractivity (Wildman–Crippen MR) is 86.6 cm³/mol. The average molecular weight is 457 g/mol. The van der Waals surface area contributed by atoms with Crippen LogP contribution >= 0.6 is 60.0 Å². The van der Waals surface area contributed by atoms with Crippen molar-refractivity contribution >= 4 is 76.6 Å². The first-order valence-electron chi connectivity index (χ1n) is 5.13. The lowest BCUT2D eigenvalue weighted by atomic mass is 10.1. The van der Waals surface area contributed by atoms with Crippen molar-refractivity contribution < 1.29 is 4.79 Å². The van der Waals surface area contributed by atoms with Crippen molar-refractivity contribution in [1.82, 2.24) is 0 Å². The third kappa shape index (κ3) is 2.64. The maximum absolute atomic E-state index is 12.2. The van der Waals surface area contributed by atoms with Gasteiger partial charge in [-0.15, -0.1) is 0 Å². The van der Waals surface area contributed by atoms with Crippen molar-refractivity contribution in [1.29, 1.82) is 0 Å². The lowest BCUT2D eigenvalue weighted by Gasteiger charge is -2.16. The van der Waals surface area contributed by atoms with Gasteiger partial charge in [0.25, 0.3) is 0 Å². The van der Waals surface area contributed by atoms with E-state index in [2.05, 4.69) is 53.1 Å². The van der Waals surface area contributed by atoms with Crippen LogP contribution in [0.25, 0.3) is 0 Å². The Bertz CT molecular complexity index is 520. The molecule has 1 amide bonds. The van der Waals surface area contributed by atoms with E-state index in [-0.39, 0.29) is 10.9 Å². The van der Waals surface area contributed by atoms with Crippen molar-refractivity contribution in [2.75, 3.05) is 5.32 Å². The molecular formula is C11H9Br3N2OS. The number of hydrogen-bond donors (Lipinski definition) is 2. The molecule has 0 unspecified atom stereocenters. The Morgan fingerprint density at radius 2 is 1.78 bits per heavy atom. The number of thiocarbonyl (C=S) groups is 1. The summed E-state index contributed by atoms with van der Waals surface area (Å²) in [5, 5.41) is 2.87. The van der Waals surface area contributed by atoms with Crippen LogP contribution in [0.3, 0.4) is 0 Å². The van der Waals surface area contributed by atoms with Crippen LogP contribution in [-0.2, 0) is 4.79 Å². The molecule has 0 heterocycles. The van der Waals surface area contributed by atoms with Gasteiger partial charge in [-0.3, -0.25) is 4.79 Å². The maximum Gasteiger partial charge on any atom is 0.237 e. The molecule has 0 bridgehead atoms. The number of rotatable bonds is 3. The molecule has 7 heteroatoms. The molecule has 18 heavy (non-hydrogen) atoms. The van der Waals surface area contributed by atoms with E-state index >= 15 is 0 Å². The number of nitrogens with two attached hydrogens (primary N) is 1. The van der Waals surface area contributed by atoms with Crippen LogP contribution in [0.1, 0.15) is 12.8 Å². The molecule has 1 aliphatic carbocycles. The lowest BCUT2D eigenvalue weighted by molar-refractivity contribution is -0.118. The van der Waals surface area contributed by atoms with Crippen LogP contribution in [0.15, 0.2) is 25.6 Å². The number of anilines is 1. The SMILES string of the molecule is NC(=S)C1(C(=O)Nc2c(Br)cc(Br)cc2Br)CC1. The third-order valence-electron chi connectivity index (χ3n) is 2.90. The molecule has 0 saturated heterocycles. The van der Waals surface area contributed by atoms with Gasteiger partial charge in [0.1, 0.15) is 0 Å². The Hall–Kier alpha value is 0.0200. The second kappa shape index (κ2) is 5.19. The van der Waals surface area contributed by atoms with Gasteiger partial charge in [-0.05, 0) is 56.8 Å². The smallest absolute Gasteiger partial charge is 0.237 e. The molecule has 2 rings (SSSR count). The van der Waals surface area contributed by atoms with E-state index in [1.165, 1.54) is 0 Å². The fraction of sp³-hybridized carbons (Fsp3) is 0.273. The number of benzene rings is 1. The molecule has 0 aliphatic heterocycles. The quantitative estimate of drug-likeness (QED) is 0.676. The second-order valence-corrected chi connectivity index (χ2v) is 7.21. The van der Waals surface area contributed by atoms with Gasteiger partial charge < -0.3 is 11.1 Å². The van der Waals surface area contributed by atoms with E-state index in [0.29, 0.717) is 5.69 Å². The first-order chi connectivity index (χ1) is 8.36. The van der Waals surface area contributed by atoms with Crippen LogP contribution in [0.4, 0.5) is 5.69 Å². The summed E-state index contributed by atoms with van der Waals surface area (Å²) in [5.41, 5.74) is 5.66. The second-order valence-electron chi connectivity index (χ2n) is 4.14. The fourth-order valence-corrected chi connectivity index (χ4v) is 4.36. The summed E-state index contributed by atoms with van der Waals surface area (Å²) >= 11 is 15.2. The van der Waals surface area contributed by atoms with Crippen molar-refractivity contribution in [2.45, 2.75) is 12.8 Å². The van der Waals surface area contributed by atoms with Crippen LogP contribution in [0, 0.1) is 5.41 Å². The summed E-state index contributed by atoms with van der Waals surface area (Å²) in [5.74, 6) is -0.140. The van der Waals surface area contributed by atoms with Crippen LogP contribution in [0.2, 0.25) is 0 Å². The van der Waals surface area contributed by atoms with E-state index in [9.17, 15) is 4.79 Å². The summed E-state index contributed by atoms with van der Waals surface area (Å²) in [4.78, 5) is 12.5. The van der Waals surface area contributed by atoms with Crippen LogP contribution < -0.4 is 11.1 Å². The Kier molecular flexibility index (Phi) is 4.16. The molecule has 0 radical (unpaired) electrons. The molecule has 96 valence electrons. The topological polar surface area (TPSA) is 55.1 Å². The molecule has 1 fully saturated rings. The molecule has 1 aromatic rings. The molecule has 0 atom stereocenters. The summed E-state index contributed by atoms with van der Waals surface area (Å²) < 4.78 is 2.49. The summed E-state index contributed by atoms with van der Waals surface area (Å²) in [7, 11) is 0. The Morgan fingerprint density at radius 3 is 2.17 bits per heavy atom. The average Bonchev–Trinajstić information content (AvgIpc) is 3.03. The zero-order valence-electron chi connectivity index (χ0n) is 9.10. The zero-order chi connectivity index (χ0) is 13.5. The van der Waals surface area contributed by atoms with Crippen molar-refractivity contribution in [3.05, 3.63) is 25.6 Å². The highest BCUT2D eigenvalue weighted by atomic mass is 79.9. The minimum atomic E-state index is -0.652. The molecular weight excluding hydrogens is 448 g/mol. The summed E-state index contributed by atoms with van der Waals surface area (Å²) in [6, 6.07) is 3.72. The van der Waals surface area contributed by atoms with Gasteiger partial charge in [-0.2, -0.15) is 0 Å². The van der Waals surface area contributed by atoms with Crippen molar-refractivity contribution in [3.63, 3.8) is 0 Å². The Balaban J connectivity index is 2.26. The number of carbonyl (C=O) groups is 1. The molecule has 1 aliphatic rings. The fourth-order valence-electron chi connectivity index (χ4n) is 1.61. The number of halogens is 3. The van der Waals surface area contributed by atoms with Gasteiger partial charge in [0.05, 0.1) is 16.1 Å². The number of hydrogen-bond acceptors (Lipinski definition) is 2. The van der Waals surface area contributed by atoms with Gasteiger partial charge in [-0.1, -0.05) is 28.1 Å². The van der Waals surface area contributed by atoms with Gasteiger partial charge in [0, 0.05) is 13.4 Å². The van der Waals surface area contributed by atoms with Crippen molar-refractivity contribution in [3.8, 4) is 0 Å². The normalized spacial score (nSPS) is 16.2. The van der Waals surface area contributed by atoms with Crippen LogP contribution in [0.5, 0.6) is 0 Å². The highest BCUT2D eigenvalue weighted by Gasteiger charge is 2.52. The first-order valence-corrected chi connectivity index (χ1v) is 7.91. The Labute approximate surface area is 135 Å². The van der Waals surface area contributed by atoms with E-state index in [1.807, 2.05) is 12.1 Å². The van der Waals surface area contributed by atoms with E-state index in [1.54, 1.807) is 0 Å². The highest BCUT2D eigenvalue weighted by molar-refractivity contribution is 9.11. The van der Waals surface area contributed by atoms with Crippen molar-refractivity contribution in [2.24, 2.45) is 11.1 Å². The van der Waals surface area contributed by atoms with E-state index in [4.69, 9.17) is 18.0 Å². The molecule has 1 saturated carbocycles. The number of nitrogens with one attached hydrogen (secondary N) is 1. The Morgan fingerprint density at radius 1 is 1.28 bits per heavy atom. The molecule has 3 N–H and O–H groups in total. The van der Waals surface area contributed by atoms with E-state index < -0.39 is 5.41 Å². The zero-order valence-corrected chi connectivity index (χ0v) is 14.7. The largest absolute Gasteiger partial charge is 0.392 e. The minimum absolute atomic E-state index is 0.140. The maximum atomic E-state index is 12.2. The van der Waals surface area contributed by atoms with Gasteiger partial charge in [0.2, 0.25) is 5.91 Å². The monoisotopic (exact) mass is 454 g/mol. The molecule has 3 nitrogen and oxygen atoms in total. The van der Waals surface area contributed by atoms with E-state index in [0.717, 1.165) is 26.3 Å². The third-order valence-corrected chi connectivity index (χ3v) is 5.00. The summed E-state index contributed by atoms with van der Waals surface area (Å²) in [6.07, 6.45) is 1.44. The first kappa shape index (κ1) is 14.4. The van der Waals surface area contributed by atoms with Gasteiger partial charge >= 0.3 is 0 Å². The standard InChI is InChI=1S/C11H9Br3N2OS/c12-5-3-6(13)8(7(14)4-5)16-10(17)11(1-2-11)9(15)18/h3-4H,1-2H2,(H2,15,18)(H,16,17). The highest BCUT2D eigenvalue weighted by Crippen LogP contribution is 2.47. The van der Waals surface area contributed by atoms with Crippen LogP contribution in [-0.4, -0.2) is 10.9 Å². The minimum Gasteiger partial charge on any atom is -0.392 e. The molecule has 1 aromatic carbocycles. The molecule has 0 spiro atoms. The number of carbonyl (C=O) groups excluding carboxylic acids is 1. The number of amides is 1.